The fraction of sp³-hybridized carbons (Fsp3) is 0.318. The molecule has 32 nitrogen and oxygen atoms in total. The topological polar surface area (TPSA) is 406 Å². The summed E-state index contributed by atoms with van der Waals surface area (Å²) in [7, 11) is 1.13. The minimum absolute atomic E-state index is 0.00145. The van der Waals surface area contributed by atoms with Crippen molar-refractivity contribution >= 4 is 108 Å². The van der Waals surface area contributed by atoms with Gasteiger partial charge in [-0.3, -0.25) is 58.5 Å². The molecule has 7 aromatic heterocycles. The predicted molar refractivity (Wildman–Crippen MR) is 469 cm³/mol. The van der Waals surface area contributed by atoms with Gasteiger partial charge in [-0.15, -0.1) is 0 Å². The van der Waals surface area contributed by atoms with Crippen LogP contribution in [0.5, 0.6) is 5.75 Å². The highest BCUT2D eigenvalue weighted by atomic mass is 32.1. The van der Waals surface area contributed by atoms with E-state index in [1.54, 1.807) is 41.3 Å². The number of amides is 4. The molecular formula is C85H96F9N27O5S+2. The molecule has 2 fully saturated rings. The maximum atomic E-state index is 14.9. The molecule has 0 aliphatic carbocycles. The number of carbonyl (C=O) groups excluding carboxylic acids is 4. The Labute approximate surface area is 728 Å². The Bertz CT molecular complexity index is 5980. The lowest BCUT2D eigenvalue weighted by Gasteiger charge is -2.37. The number of hydrogen-bond donors (Lipinski definition) is 11. The van der Waals surface area contributed by atoms with Crippen LogP contribution in [0.4, 0.5) is 90.1 Å². The highest BCUT2D eigenvalue weighted by Crippen LogP contribution is 2.44. The van der Waals surface area contributed by atoms with Gasteiger partial charge in [-0.2, -0.15) is 44.1 Å². The van der Waals surface area contributed by atoms with Gasteiger partial charge in [-0.25, -0.2) is 27.5 Å². The van der Waals surface area contributed by atoms with Gasteiger partial charge in [0.2, 0.25) is 17.8 Å². The summed E-state index contributed by atoms with van der Waals surface area (Å²) >= 11 is 1.04. The number of piperazine rings is 2. The Morgan fingerprint density at radius 2 is 1.08 bits per heavy atom. The molecule has 12 rings (SSSR count). The van der Waals surface area contributed by atoms with Crippen LogP contribution >= 0.6 is 11.3 Å². The number of nitrogens with zero attached hydrogens (tertiary/aromatic N) is 16. The standard InChI is InChI=1S/C85H94F9N27O5S/c1-11-113-13-17-115(18-14-113)70-29-60(26-62(49(70)6)83(86,87)88)111-80(124)57-24-73(121(100)44-67(97)76-40-108-82(127-76)109-52(9)122)68(105-36-57)38-102-32-53-21-54(33-101-31-53)65(95)42-120(99)74-25-58(81(125)112-61-27-63(84(89,90)91)50(7)71(30-61)116-19-15-114(12-2)16-20-116)37-106-69(74)45-117-46-77-107-39-75(118(77)41-48(117)5)66(96)43-119(98)72-23-56(35-104-51(72)8)79(123)110-59-22-55(34-103-47(3)4)78(126-10)64(28-59)85(92,93)94/h21-31,33,35-37,39-44,46-47,103H,11-20,34,38,45,95,97,99-100H2,1-10H3,(H6-2,96,98,107,108,109,110,111,112,122,123,124,125)/p+2. The number of rotatable bonds is 27. The first-order valence-electron chi connectivity index (χ1n) is 40.0. The van der Waals surface area contributed by atoms with Crippen LogP contribution < -0.4 is 95.4 Å². The number of aromatic nitrogens is 8. The van der Waals surface area contributed by atoms with Crippen molar-refractivity contribution in [3.05, 3.63) is 234 Å². The molecule has 2 saturated heterocycles. The number of halogens is 9. The van der Waals surface area contributed by atoms with Crippen molar-refractivity contribution in [3.63, 3.8) is 0 Å². The minimum Gasteiger partial charge on any atom is -0.496 e. The van der Waals surface area contributed by atoms with Gasteiger partial charge in [-0.05, 0) is 106 Å². The SMILES string of the molecule is CCN1CCN(c2cc(NC(=O)c3cnc(C[N+]#Cc4cncc(C(N)=CN(N)c5cc(C(=O)Nc6cc(N7CCN(CC)CC7)c(C)c(C(F)(F)F)c6)cnc5C[n+]5cc6ncc(C(N)=CN(N)c7cc(C(=O)Nc8cc(CNC(C)C)c(OC)c(C(F)(F)F)c8)cnc7C)n6cc5C)c4)c(N(N)C=C(N)c4cnc(NC(C)=O)s4)c3)cc(C(F)(F)F)c2C)CC1. The first-order valence-corrected chi connectivity index (χ1v) is 40.8. The number of carbonyl (C=O) groups is 4. The van der Waals surface area contributed by atoms with E-state index in [1.807, 2.05) is 37.5 Å². The van der Waals surface area contributed by atoms with E-state index in [1.165, 1.54) is 119 Å². The van der Waals surface area contributed by atoms with Crippen molar-refractivity contribution in [1.82, 2.24) is 49.4 Å². The van der Waals surface area contributed by atoms with E-state index in [4.69, 9.17) is 44.4 Å². The van der Waals surface area contributed by atoms with Crippen LogP contribution in [0.3, 0.4) is 0 Å². The zero-order valence-corrected chi connectivity index (χ0v) is 71.8. The minimum atomic E-state index is -4.83. The van der Waals surface area contributed by atoms with Crippen LogP contribution in [0.15, 0.2) is 135 Å². The number of methoxy groups -OCH3 is 1. The molecule has 0 atom stereocenters. The number of anilines is 9. The van der Waals surface area contributed by atoms with Gasteiger partial charge in [0, 0.05) is 174 Å². The Hall–Kier alpha value is -13.6. The first-order chi connectivity index (χ1) is 60.1. The molecule has 0 unspecified atom stereocenters. The lowest BCUT2D eigenvalue weighted by Crippen LogP contribution is -2.46. The van der Waals surface area contributed by atoms with Gasteiger partial charge in [0.25, 0.3) is 17.7 Å². The number of fused-ring (bicyclic) bond motifs is 1. The summed E-state index contributed by atoms with van der Waals surface area (Å²) in [5.41, 5.74) is 20.3. The number of nitrogens with one attached hydrogen (secondary N) is 5. The number of thiazole rings is 1. The highest BCUT2D eigenvalue weighted by Gasteiger charge is 2.39. The Morgan fingerprint density at radius 1 is 0.583 bits per heavy atom. The summed E-state index contributed by atoms with van der Waals surface area (Å²) in [6.45, 7) is 20.6. The molecule has 17 N–H and O–H groups in total. The number of alkyl halides is 9. The number of imidazole rings is 1. The van der Waals surface area contributed by atoms with Crippen molar-refractivity contribution in [3.8, 4) is 11.8 Å². The molecule has 42 heteroatoms. The fourth-order valence-electron chi connectivity index (χ4n) is 14.5. The second kappa shape index (κ2) is 38.9. The summed E-state index contributed by atoms with van der Waals surface area (Å²) in [6, 6.07) is 15.5. The molecule has 0 saturated carbocycles. The van der Waals surface area contributed by atoms with E-state index in [0.29, 0.717) is 91.3 Å². The van der Waals surface area contributed by atoms with Crippen molar-refractivity contribution in [2.45, 2.75) is 107 Å². The summed E-state index contributed by atoms with van der Waals surface area (Å²) in [6.07, 6.45) is 2.40. The van der Waals surface area contributed by atoms with Crippen molar-refractivity contribution in [1.29, 1.82) is 0 Å². The number of hydrogen-bond acceptors (Lipinski definition) is 26. The summed E-state index contributed by atoms with van der Waals surface area (Å²) in [4.78, 5) is 94.4. The summed E-state index contributed by atoms with van der Waals surface area (Å²) in [5.74, 6) is 17.1. The monoisotopic (exact) mass is 1780 g/mol. The van der Waals surface area contributed by atoms with E-state index in [-0.39, 0.29) is 144 Å². The number of nitrogens with two attached hydrogens (primary N) is 6. The number of ether oxygens (including phenoxy) is 1. The molecule has 0 radical (unpaired) electrons. The smallest absolute Gasteiger partial charge is 0.420 e. The Kier molecular flexibility index (Phi) is 28.4. The maximum Gasteiger partial charge on any atom is 0.420 e. The third-order valence-electron chi connectivity index (χ3n) is 21.3. The molecule has 668 valence electrons. The lowest BCUT2D eigenvalue weighted by atomic mass is 10.0. The largest absolute Gasteiger partial charge is 0.496 e. The molecular weight excluding hydrogens is 1680 g/mol. The molecule has 2 aliphatic heterocycles. The van der Waals surface area contributed by atoms with Crippen LogP contribution in [0.25, 0.3) is 27.6 Å². The van der Waals surface area contributed by atoms with Crippen LogP contribution in [0, 0.1) is 33.8 Å². The van der Waals surface area contributed by atoms with Crippen molar-refractivity contribution < 1.29 is 68.0 Å². The van der Waals surface area contributed by atoms with Crippen LogP contribution in [0.1, 0.15) is 144 Å². The first kappa shape index (κ1) is 92.6. The zero-order valence-electron chi connectivity index (χ0n) is 70.9. The van der Waals surface area contributed by atoms with Gasteiger partial charge in [0.05, 0.1) is 103 Å². The van der Waals surface area contributed by atoms with Crippen molar-refractivity contribution in [2.75, 3.05) is 119 Å². The van der Waals surface area contributed by atoms with Gasteiger partial charge in [0.1, 0.15) is 22.7 Å². The van der Waals surface area contributed by atoms with E-state index in [2.05, 4.69) is 72.2 Å². The number of aryl methyl sites for hydroxylation is 2. The number of benzene rings is 3. The lowest BCUT2D eigenvalue weighted by molar-refractivity contribution is -0.694. The van der Waals surface area contributed by atoms with E-state index in [0.717, 1.165) is 64.8 Å². The molecule has 4 amide bonds. The Morgan fingerprint density at radius 3 is 1.61 bits per heavy atom. The quantitative estimate of drug-likeness (QED) is 0.00986. The number of pyridine rings is 4. The average Bonchev–Trinajstić information content (AvgIpc) is 1.60. The van der Waals surface area contributed by atoms with Gasteiger partial charge < -0.3 is 68.1 Å². The fourth-order valence-corrected chi connectivity index (χ4v) is 15.3. The van der Waals surface area contributed by atoms with E-state index in [9.17, 15) is 58.7 Å². The van der Waals surface area contributed by atoms with Gasteiger partial charge in [0.15, 0.2) is 17.4 Å². The predicted octanol–water partition coefficient (Wildman–Crippen LogP) is 11.3. The molecule has 3 aromatic carbocycles. The average molecular weight is 1780 g/mol. The molecule has 0 spiro atoms. The number of hydrazine groups is 3. The van der Waals surface area contributed by atoms with E-state index >= 15 is 0 Å². The third kappa shape index (κ3) is 22.2. The summed E-state index contributed by atoms with van der Waals surface area (Å²) < 4.78 is 141. The normalized spacial score (nSPS) is 14.0. The summed E-state index contributed by atoms with van der Waals surface area (Å²) in [5, 5.41) is 17.1. The third-order valence-corrected chi connectivity index (χ3v) is 22.3. The van der Waals surface area contributed by atoms with Gasteiger partial charge in [-0.1, -0.05) is 43.9 Å². The molecule has 9 heterocycles. The van der Waals surface area contributed by atoms with Gasteiger partial charge >= 0.3 is 31.1 Å². The zero-order chi connectivity index (χ0) is 91.8. The van der Waals surface area contributed by atoms with Crippen LogP contribution in [-0.2, 0) is 43.0 Å². The second-order valence-electron chi connectivity index (χ2n) is 30.5. The van der Waals surface area contributed by atoms with Crippen LogP contribution in [-0.4, -0.2) is 146 Å². The highest BCUT2D eigenvalue weighted by molar-refractivity contribution is 7.16. The molecule has 0 bridgehead atoms. The molecule has 127 heavy (non-hydrogen) atoms. The molecule has 2 aliphatic rings. The maximum absolute atomic E-state index is 14.9. The Balaban J connectivity index is 0.834. The van der Waals surface area contributed by atoms with Crippen molar-refractivity contribution in [2.24, 2.45) is 34.7 Å². The molecule has 10 aromatic rings. The second-order valence-corrected chi connectivity index (χ2v) is 31.5. The van der Waals surface area contributed by atoms with Crippen LogP contribution in [0.2, 0.25) is 0 Å². The van der Waals surface area contributed by atoms with E-state index < -0.39 is 58.7 Å². The number of likely N-dealkylation sites (N-methyl/N-ethyl adjacent to an activating group) is 2.